The number of hydrogen-bond donors (Lipinski definition) is 1. The molecule has 1 N–H and O–H groups in total. The van der Waals surface area contributed by atoms with Gasteiger partial charge in [-0.3, -0.25) is 0 Å². The second kappa shape index (κ2) is 3.48. The minimum Gasteiger partial charge on any atom is -0.506 e. The lowest BCUT2D eigenvalue weighted by Gasteiger charge is -2.03. The van der Waals surface area contributed by atoms with Crippen molar-refractivity contribution in [1.82, 2.24) is 0 Å². The predicted molar refractivity (Wildman–Crippen MR) is 61.1 cm³/mol. The minimum absolute atomic E-state index is 0.188. The smallest absolute Gasteiger partial charge is 0.139 e. The topological polar surface area (TPSA) is 20.2 Å². The number of aromatic hydroxyl groups is 1. The van der Waals surface area contributed by atoms with Crippen LogP contribution in [0.3, 0.4) is 0 Å². The van der Waals surface area contributed by atoms with E-state index in [2.05, 4.69) is 15.9 Å². The van der Waals surface area contributed by atoms with Crippen LogP contribution in [-0.4, -0.2) is 5.11 Å². The van der Waals surface area contributed by atoms with E-state index in [1.54, 1.807) is 11.3 Å². The fourth-order valence-electron chi connectivity index (χ4n) is 1.22. The SMILES string of the molecule is Oc1c(CBr)cc2ccsc2c1Cl. The molecule has 1 aromatic carbocycles. The zero-order chi connectivity index (χ0) is 9.42. The van der Waals surface area contributed by atoms with Gasteiger partial charge in [0.25, 0.3) is 0 Å². The van der Waals surface area contributed by atoms with E-state index in [-0.39, 0.29) is 5.75 Å². The summed E-state index contributed by atoms with van der Waals surface area (Å²) in [6, 6.07) is 3.94. The van der Waals surface area contributed by atoms with E-state index in [0.717, 1.165) is 15.6 Å². The Morgan fingerprint density at radius 2 is 2.31 bits per heavy atom. The van der Waals surface area contributed by atoms with Crippen molar-refractivity contribution >= 4 is 49.0 Å². The van der Waals surface area contributed by atoms with Crippen molar-refractivity contribution in [2.24, 2.45) is 0 Å². The molecule has 1 nitrogen and oxygen atoms in total. The van der Waals surface area contributed by atoms with E-state index in [1.165, 1.54) is 0 Å². The van der Waals surface area contributed by atoms with Crippen molar-refractivity contribution < 1.29 is 5.11 Å². The summed E-state index contributed by atoms with van der Waals surface area (Å²) in [5, 5.41) is 13.8. The van der Waals surface area contributed by atoms with Crippen molar-refractivity contribution in [1.29, 1.82) is 0 Å². The number of hydrogen-bond acceptors (Lipinski definition) is 2. The summed E-state index contributed by atoms with van der Waals surface area (Å²) in [4.78, 5) is 0. The predicted octanol–water partition coefficient (Wildman–Crippen LogP) is 4.16. The Morgan fingerprint density at radius 3 is 3.00 bits per heavy atom. The summed E-state index contributed by atoms with van der Waals surface area (Å²) in [5.74, 6) is 0.188. The Bertz CT molecular complexity index is 452. The molecule has 0 aliphatic carbocycles. The average molecular weight is 278 g/mol. The van der Waals surface area contributed by atoms with Gasteiger partial charge in [0.2, 0.25) is 0 Å². The van der Waals surface area contributed by atoms with Crippen LogP contribution < -0.4 is 0 Å². The quantitative estimate of drug-likeness (QED) is 0.776. The first-order valence-electron chi connectivity index (χ1n) is 3.67. The number of phenolic OH excluding ortho intramolecular Hbond substituents is 1. The van der Waals surface area contributed by atoms with Crippen LogP contribution in [-0.2, 0) is 5.33 Å². The van der Waals surface area contributed by atoms with Gasteiger partial charge in [-0.05, 0) is 22.9 Å². The summed E-state index contributed by atoms with van der Waals surface area (Å²) < 4.78 is 0.948. The maximum atomic E-state index is 9.66. The number of fused-ring (bicyclic) bond motifs is 1. The molecule has 0 saturated carbocycles. The zero-order valence-electron chi connectivity index (χ0n) is 6.55. The lowest BCUT2D eigenvalue weighted by molar-refractivity contribution is 0.472. The van der Waals surface area contributed by atoms with Gasteiger partial charge in [0.05, 0.1) is 4.70 Å². The first kappa shape index (κ1) is 9.31. The fraction of sp³-hybridized carbons (Fsp3) is 0.111. The maximum absolute atomic E-state index is 9.66. The number of halogens is 2. The standard InChI is InChI=1S/C9H6BrClOS/c10-4-6-3-5-1-2-13-9(5)7(11)8(6)12/h1-3,12H,4H2. The van der Waals surface area contributed by atoms with Gasteiger partial charge in [-0.25, -0.2) is 0 Å². The Hall–Kier alpha value is -0.250. The van der Waals surface area contributed by atoms with Crippen molar-refractivity contribution in [3.05, 3.63) is 28.1 Å². The second-order valence-electron chi connectivity index (χ2n) is 2.67. The van der Waals surface area contributed by atoms with Gasteiger partial charge in [0, 0.05) is 10.9 Å². The molecule has 0 saturated heterocycles. The number of thiophene rings is 1. The van der Waals surface area contributed by atoms with Crippen LogP contribution in [0.25, 0.3) is 10.1 Å². The molecule has 0 spiro atoms. The molecule has 1 heterocycles. The van der Waals surface area contributed by atoms with Gasteiger partial charge in [-0.1, -0.05) is 27.5 Å². The fourth-order valence-corrected chi connectivity index (χ4v) is 2.82. The third kappa shape index (κ3) is 1.45. The Morgan fingerprint density at radius 1 is 1.54 bits per heavy atom. The Balaban J connectivity index is 2.83. The number of rotatable bonds is 1. The first-order valence-corrected chi connectivity index (χ1v) is 6.05. The molecule has 68 valence electrons. The van der Waals surface area contributed by atoms with Crippen LogP contribution in [0.1, 0.15) is 5.56 Å². The highest BCUT2D eigenvalue weighted by atomic mass is 79.9. The van der Waals surface area contributed by atoms with Crippen LogP contribution in [0.4, 0.5) is 0 Å². The Labute approximate surface area is 93.1 Å². The maximum Gasteiger partial charge on any atom is 0.139 e. The molecule has 0 aliphatic heterocycles. The summed E-state index contributed by atoms with van der Waals surface area (Å²) in [6.07, 6.45) is 0. The number of alkyl halides is 1. The normalized spacial score (nSPS) is 10.9. The molecule has 2 rings (SSSR count). The van der Waals surface area contributed by atoms with E-state index < -0.39 is 0 Å². The van der Waals surface area contributed by atoms with E-state index >= 15 is 0 Å². The van der Waals surface area contributed by atoms with E-state index in [9.17, 15) is 5.11 Å². The van der Waals surface area contributed by atoms with Gasteiger partial charge in [0.1, 0.15) is 10.8 Å². The number of benzene rings is 1. The first-order chi connectivity index (χ1) is 6.24. The molecular formula is C9H6BrClOS. The lowest BCUT2D eigenvalue weighted by atomic mass is 10.2. The molecule has 0 bridgehead atoms. The van der Waals surface area contributed by atoms with Crippen molar-refractivity contribution in [3.63, 3.8) is 0 Å². The zero-order valence-corrected chi connectivity index (χ0v) is 9.71. The largest absolute Gasteiger partial charge is 0.506 e. The third-order valence-corrected chi connectivity index (χ3v) is 3.91. The van der Waals surface area contributed by atoms with Crippen LogP contribution in [0.5, 0.6) is 5.75 Å². The molecule has 0 radical (unpaired) electrons. The van der Waals surface area contributed by atoms with Crippen LogP contribution in [0, 0.1) is 0 Å². The number of phenols is 1. The van der Waals surface area contributed by atoms with Crippen molar-refractivity contribution in [2.75, 3.05) is 0 Å². The average Bonchev–Trinajstić information content (AvgIpc) is 2.59. The van der Waals surface area contributed by atoms with Gasteiger partial charge < -0.3 is 5.11 Å². The minimum atomic E-state index is 0.188. The van der Waals surface area contributed by atoms with Gasteiger partial charge in [0.15, 0.2) is 0 Å². The highest BCUT2D eigenvalue weighted by Crippen LogP contribution is 2.38. The molecule has 13 heavy (non-hydrogen) atoms. The highest BCUT2D eigenvalue weighted by Gasteiger charge is 2.10. The molecule has 1 aromatic heterocycles. The second-order valence-corrected chi connectivity index (χ2v) is 4.53. The highest BCUT2D eigenvalue weighted by molar-refractivity contribution is 9.08. The molecule has 0 unspecified atom stereocenters. The monoisotopic (exact) mass is 276 g/mol. The van der Waals surface area contributed by atoms with Crippen LogP contribution in [0.2, 0.25) is 5.02 Å². The molecule has 0 amide bonds. The summed E-state index contributed by atoms with van der Waals surface area (Å²) in [6.45, 7) is 0. The summed E-state index contributed by atoms with van der Waals surface area (Å²) in [5.41, 5.74) is 0.830. The lowest BCUT2D eigenvalue weighted by Crippen LogP contribution is -1.80. The van der Waals surface area contributed by atoms with Crippen molar-refractivity contribution in [2.45, 2.75) is 5.33 Å². The van der Waals surface area contributed by atoms with Crippen molar-refractivity contribution in [3.8, 4) is 5.75 Å². The molecule has 0 atom stereocenters. The van der Waals surface area contributed by atoms with Crippen LogP contribution >= 0.6 is 38.9 Å². The third-order valence-electron chi connectivity index (χ3n) is 1.88. The van der Waals surface area contributed by atoms with Gasteiger partial charge in [-0.2, -0.15) is 0 Å². The van der Waals surface area contributed by atoms with E-state index in [4.69, 9.17) is 11.6 Å². The van der Waals surface area contributed by atoms with Gasteiger partial charge in [-0.15, -0.1) is 11.3 Å². The Kier molecular flexibility index (Phi) is 2.49. The molecular weight excluding hydrogens is 272 g/mol. The summed E-state index contributed by atoms with van der Waals surface area (Å²) in [7, 11) is 0. The summed E-state index contributed by atoms with van der Waals surface area (Å²) >= 11 is 10.8. The molecule has 0 aliphatic rings. The van der Waals surface area contributed by atoms with Crippen LogP contribution in [0.15, 0.2) is 17.5 Å². The molecule has 0 fully saturated rings. The molecule has 2 aromatic rings. The molecule has 4 heteroatoms. The van der Waals surface area contributed by atoms with Gasteiger partial charge >= 0.3 is 0 Å². The van der Waals surface area contributed by atoms with E-state index in [0.29, 0.717) is 10.4 Å². The van der Waals surface area contributed by atoms with E-state index in [1.807, 2.05) is 17.5 Å².